The second-order valence-corrected chi connectivity index (χ2v) is 5.90. The lowest BCUT2D eigenvalue weighted by molar-refractivity contribution is -0.0540. The Balaban J connectivity index is 2.85. The van der Waals surface area contributed by atoms with Crippen molar-refractivity contribution in [3.8, 4) is 0 Å². The van der Waals surface area contributed by atoms with E-state index in [0.29, 0.717) is 5.92 Å². The van der Waals surface area contributed by atoms with Crippen molar-refractivity contribution in [3.63, 3.8) is 0 Å². The van der Waals surface area contributed by atoms with Crippen LogP contribution in [0.15, 0.2) is 6.33 Å². The third-order valence-electron chi connectivity index (χ3n) is 3.88. The minimum atomic E-state index is -0.182. The highest BCUT2D eigenvalue weighted by Crippen LogP contribution is 2.22. The number of likely N-dealkylation sites (N-methyl/N-ethyl adjacent to an activating group) is 1. The van der Waals surface area contributed by atoms with Crippen LogP contribution in [-0.4, -0.2) is 40.1 Å². The van der Waals surface area contributed by atoms with Gasteiger partial charge in [-0.05, 0) is 33.2 Å². The van der Waals surface area contributed by atoms with Gasteiger partial charge in [-0.2, -0.15) is 5.10 Å². The molecule has 5 heteroatoms. The predicted molar refractivity (Wildman–Crippen MR) is 81.7 cm³/mol. The maximum atomic E-state index is 5.98. The van der Waals surface area contributed by atoms with Gasteiger partial charge in [-0.15, -0.1) is 0 Å². The molecule has 1 aromatic rings. The van der Waals surface area contributed by atoms with E-state index in [9.17, 15) is 0 Å². The summed E-state index contributed by atoms with van der Waals surface area (Å²) in [6.45, 7) is 12.4. The van der Waals surface area contributed by atoms with Crippen molar-refractivity contribution in [1.29, 1.82) is 0 Å². The van der Waals surface area contributed by atoms with Gasteiger partial charge >= 0.3 is 0 Å². The van der Waals surface area contributed by atoms with Crippen molar-refractivity contribution in [2.45, 2.75) is 65.6 Å². The maximum Gasteiger partial charge on any atom is 0.138 e. The predicted octanol–water partition coefficient (Wildman–Crippen LogP) is 2.27. The van der Waals surface area contributed by atoms with Crippen LogP contribution in [0.4, 0.5) is 0 Å². The molecule has 0 spiro atoms. The molecule has 1 aromatic heterocycles. The Kier molecular flexibility index (Phi) is 6.62. The van der Waals surface area contributed by atoms with E-state index in [2.05, 4.69) is 43.1 Å². The zero-order valence-corrected chi connectivity index (χ0v) is 13.8. The molecule has 1 N–H and O–H groups in total. The Bertz CT molecular complexity index is 391. The van der Waals surface area contributed by atoms with Gasteiger partial charge in [-0.3, -0.25) is 0 Å². The average Bonchev–Trinajstić information content (AvgIpc) is 2.82. The van der Waals surface area contributed by atoms with Gasteiger partial charge in [0.1, 0.15) is 12.2 Å². The van der Waals surface area contributed by atoms with Crippen molar-refractivity contribution < 1.29 is 4.74 Å². The average molecular weight is 282 g/mol. The smallest absolute Gasteiger partial charge is 0.138 e. The summed E-state index contributed by atoms with van der Waals surface area (Å²) >= 11 is 0. The third-order valence-corrected chi connectivity index (χ3v) is 3.88. The summed E-state index contributed by atoms with van der Waals surface area (Å²) < 4.78 is 7.99. The first-order valence-corrected chi connectivity index (χ1v) is 7.64. The number of hydrogen-bond donors (Lipinski definition) is 1. The van der Waals surface area contributed by atoms with Crippen LogP contribution in [0.3, 0.4) is 0 Å². The lowest BCUT2D eigenvalue weighted by atomic mass is 9.90. The van der Waals surface area contributed by atoms with E-state index >= 15 is 0 Å². The van der Waals surface area contributed by atoms with Gasteiger partial charge in [0.25, 0.3) is 0 Å². The molecule has 0 aliphatic rings. The second kappa shape index (κ2) is 7.74. The Hall–Kier alpha value is -0.940. The van der Waals surface area contributed by atoms with Crippen LogP contribution >= 0.6 is 0 Å². The molecule has 20 heavy (non-hydrogen) atoms. The van der Waals surface area contributed by atoms with E-state index in [1.165, 1.54) is 0 Å². The summed E-state index contributed by atoms with van der Waals surface area (Å²) in [5, 5.41) is 7.73. The monoisotopic (exact) mass is 282 g/mol. The molecule has 1 heterocycles. The molecule has 0 saturated carbocycles. The first-order chi connectivity index (χ1) is 9.46. The number of nitrogens with zero attached hydrogens (tertiary/aromatic N) is 3. The van der Waals surface area contributed by atoms with Crippen molar-refractivity contribution in [2.75, 3.05) is 13.7 Å². The molecule has 0 radical (unpaired) electrons. The van der Waals surface area contributed by atoms with E-state index in [1.807, 2.05) is 18.7 Å². The normalized spacial score (nSPS) is 16.4. The summed E-state index contributed by atoms with van der Waals surface area (Å²) in [5.41, 5.74) is -0.182. The van der Waals surface area contributed by atoms with E-state index in [-0.39, 0.29) is 11.6 Å². The molecule has 2 atom stereocenters. The lowest BCUT2D eigenvalue weighted by Gasteiger charge is -2.36. The number of aromatic nitrogens is 3. The molecule has 5 nitrogen and oxygen atoms in total. The fraction of sp³-hybridized carbons (Fsp3) is 0.867. The topological polar surface area (TPSA) is 52.0 Å². The molecule has 0 saturated heterocycles. The molecular formula is C15H30N4O. The number of rotatable bonds is 9. The van der Waals surface area contributed by atoms with Crippen molar-refractivity contribution in [2.24, 2.45) is 5.92 Å². The third kappa shape index (κ3) is 4.28. The zero-order valence-electron chi connectivity index (χ0n) is 13.8. The largest absolute Gasteiger partial charge is 0.374 e. The number of nitrogens with one attached hydrogen (secondary N) is 1. The molecular weight excluding hydrogens is 252 g/mol. The minimum absolute atomic E-state index is 0.182. The summed E-state index contributed by atoms with van der Waals surface area (Å²) in [4.78, 5) is 4.42. The van der Waals surface area contributed by atoms with Gasteiger partial charge < -0.3 is 10.1 Å². The summed E-state index contributed by atoms with van der Waals surface area (Å²) in [6.07, 6.45) is 3.44. The van der Waals surface area contributed by atoms with E-state index in [0.717, 1.165) is 31.8 Å². The Morgan fingerprint density at radius 2 is 2.10 bits per heavy atom. The van der Waals surface area contributed by atoms with Crippen LogP contribution in [0.5, 0.6) is 0 Å². The molecule has 0 aromatic carbocycles. The van der Waals surface area contributed by atoms with Crippen LogP contribution in [0.1, 0.15) is 46.9 Å². The lowest BCUT2D eigenvalue weighted by Crippen LogP contribution is -2.50. The molecule has 0 aliphatic carbocycles. The highest BCUT2D eigenvalue weighted by Gasteiger charge is 2.33. The molecule has 2 unspecified atom stereocenters. The highest BCUT2D eigenvalue weighted by atomic mass is 16.5. The number of ether oxygens (including phenoxy) is 1. The van der Waals surface area contributed by atoms with Crippen LogP contribution < -0.4 is 5.32 Å². The minimum Gasteiger partial charge on any atom is -0.374 e. The van der Waals surface area contributed by atoms with Gasteiger partial charge in [0.15, 0.2) is 0 Å². The second-order valence-electron chi connectivity index (χ2n) is 5.90. The van der Waals surface area contributed by atoms with Crippen LogP contribution in [-0.2, 0) is 17.7 Å². The molecule has 0 aliphatic heterocycles. The van der Waals surface area contributed by atoms with Crippen molar-refractivity contribution in [1.82, 2.24) is 20.1 Å². The van der Waals surface area contributed by atoms with Crippen molar-refractivity contribution >= 4 is 0 Å². The zero-order chi connectivity index (χ0) is 15.2. The van der Waals surface area contributed by atoms with Gasteiger partial charge in [-0.25, -0.2) is 9.67 Å². The van der Waals surface area contributed by atoms with Crippen molar-refractivity contribution in [3.05, 3.63) is 12.2 Å². The highest BCUT2D eigenvalue weighted by molar-refractivity contribution is 4.97. The van der Waals surface area contributed by atoms with Gasteiger partial charge in [0, 0.05) is 25.6 Å². The molecule has 1 rings (SSSR count). The molecule has 0 amide bonds. The SMILES string of the molecule is CCOC(C)(CC)C(Cc1ncnn1CC(C)C)NC. The summed E-state index contributed by atoms with van der Waals surface area (Å²) in [5.74, 6) is 1.59. The molecule has 116 valence electrons. The van der Waals surface area contributed by atoms with Gasteiger partial charge in [0.2, 0.25) is 0 Å². The summed E-state index contributed by atoms with van der Waals surface area (Å²) in [7, 11) is 1.99. The Morgan fingerprint density at radius 3 is 2.60 bits per heavy atom. The quantitative estimate of drug-likeness (QED) is 0.755. The fourth-order valence-electron chi connectivity index (χ4n) is 2.53. The van der Waals surface area contributed by atoms with E-state index < -0.39 is 0 Å². The fourth-order valence-corrected chi connectivity index (χ4v) is 2.53. The van der Waals surface area contributed by atoms with Crippen LogP contribution in [0.2, 0.25) is 0 Å². The summed E-state index contributed by atoms with van der Waals surface area (Å²) in [6, 6.07) is 0.225. The standard InChI is InChI=1S/C15H30N4O/c1-7-15(5,20-8-2)13(16-6)9-14-17-11-18-19(14)10-12(3)4/h11-13,16H,7-10H2,1-6H3. The molecule has 0 fully saturated rings. The van der Waals surface area contributed by atoms with E-state index in [1.54, 1.807) is 6.33 Å². The first kappa shape index (κ1) is 17.1. The maximum absolute atomic E-state index is 5.98. The van der Waals surface area contributed by atoms with Gasteiger partial charge in [0.05, 0.1) is 5.60 Å². The van der Waals surface area contributed by atoms with Crippen LogP contribution in [0, 0.1) is 5.92 Å². The Morgan fingerprint density at radius 1 is 1.40 bits per heavy atom. The molecule has 0 bridgehead atoms. The first-order valence-electron chi connectivity index (χ1n) is 7.64. The van der Waals surface area contributed by atoms with Gasteiger partial charge in [-0.1, -0.05) is 20.8 Å². The van der Waals surface area contributed by atoms with E-state index in [4.69, 9.17) is 4.74 Å². The number of hydrogen-bond acceptors (Lipinski definition) is 4. The van der Waals surface area contributed by atoms with Crippen LogP contribution in [0.25, 0.3) is 0 Å². The Labute approximate surface area is 123 Å².